The predicted octanol–water partition coefficient (Wildman–Crippen LogP) is 6.48. The Bertz CT molecular complexity index is 944. The van der Waals surface area contributed by atoms with Gasteiger partial charge in [-0.15, -0.1) is 23.5 Å². The zero-order valence-corrected chi connectivity index (χ0v) is 17.7. The zero-order valence-electron chi connectivity index (χ0n) is 15.2. The number of allylic oxidation sites excluding steroid dienone is 4. The number of fused-ring (bicyclic) bond motifs is 1. The molecule has 1 unspecified atom stereocenters. The minimum atomic E-state index is -2.55. The highest BCUT2D eigenvalue weighted by Gasteiger charge is 2.25. The Morgan fingerprint density at radius 3 is 2.63 bits per heavy atom. The van der Waals surface area contributed by atoms with Crippen molar-refractivity contribution in [1.82, 2.24) is 0 Å². The Kier molecular flexibility index (Phi) is 6.12. The molecule has 0 fully saturated rings. The molecule has 0 aliphatic carbocycles. The van der Waals surface area contributed by atoms with Crippen molar-refractivity contribution in [3.05, 3.63) is 94.9 Å². The predicted molar refractivity (Wildman–Crippen MR) is 122 cm³/mol. The monoisotopic (exact) mass is 410 g/mol. The normalized spacial score (nSPS) is 24.3. The second-order valence-electron chi connectivity index (χ2n) is 6.85. The lowest BCUT2D eigenvalue weighted by Gasteiger charge is -2.21. The van der Waals surface area contributed by atoms with E-state index < -0.39 is 7.14 Å². The van der Waals surface area contributed by atoms with E-state index in [4.69, 9.17) is 0 Å². The molecule has 0 bridgehead atoms. The fourth-order valence-electron chi connectivity index (χ4n) is 3.51. The van der Waals surface area contributed by atoms with Gasteiger partial charge in [0.05, 0.1) is 0 Å². The Labute approximate surface area is 170 Å². The number of benzene rings is 2. The third-order valence-corrected chi connectivity index (χ3v) is 9.85. The van der Waals surface area contributed by atoms with Crippen LogP contribution in [-0.4, -0.2) is 17.7 Å². The molecule has 0 radical (unpaired) electrons. The Morgan fingerprint density at radius 1 is 0.926 bits per heavy atom. The van der Waals surface area contributed by atoms with Gasteiger partial charge in [-0.05, 0) is 35.1 Å². The number of hydrogen-bond acceptors (Lipinski definition) is 3. The molecule has 2 aliphatic rings. The summed E-state index contributed by atoms with van der Waals surface area (Å²) in [6, 6.07) is 18.5. The molecule has 0 saturated carbocycles. The van der Waals surface area contributed by atoms with Crippen molar-refractivity contribution in [3.63, 3.8) is 0 Å². The first-order valence-electron chi connectivity index (χ1n) is 9.26. The summed E-state index contributed by atoms with van der Waals surface area (Å²) in [5.74, 6) is 2.13. The molecule has 0 N–H and O–H groups in total. The van der Waals surface area contributed by atoms with Gasteiger partial charge < -0.3 is 4.57 Å². The van der Waals surface area contributed by atoms with E-state index in [1.165, 1.54) is 21.6 Å². The minimum Gasteiger partial charge on any atom is -0.318 e. The molecule has 2 heterocycles. The quantitative estimate of drug-likeness (QED) is 0.501. The summed E-state index contributed by atoms with van der Waals surface area (Å²) in [4.78, 5) is 1.28. The first kappa shape index (κ1) is 18.9. The fourth-order valence-corrected chi connectivity index (χ4v) is 8.04. The summed E-state index contributed by atoms with van der Waals surface area (Å²) in [5, 5.41) is 3.16. The third-order valence-electron chi connectivity index (χ3n) is 4.99. The van der Waals surface area contributed by atoms with Gasteiger partial charge in [-0.2, -0.15) is 0 Å². The first-order chi connectivity index (χ1) is 13.2. The van der Waals surface area contributed by atoms with E-state index in [-0.39, 0.29) is 0 Å². The summed E-state index contributed by atoms with van der Waals surface area (Å²) in [7, 11) is -2.55. The second kappa shape index (κ2) is 8.73. The molecule has 2 aliphatic heterocycles. The summed E-state index contributed by atoms with van der Waals surface area (Å²) in [5.41, 5.74) is 4.03. The van der Waals surface area contributed by atoms with Crippen molar-refractivity contribution >= 4 is 36.0 Å². The smallest absolute Gasteiger partial charge is 0.123 e. The summed E-state index contributed by atoms with van der Waals surface area (Å²) < 4.78 is 14.1. The largest absolute Gasteiger partial charge is 0.318 e. The molecular formula is C23H23OPS2. The van der Waals surface area contributed by atoms with Crippen LogP contribution in [0.3, 0.4) is 0 Å². The average molecular weight is 411 g/mol. The first-order valence-corrected chi connectivity index (χ1v) is 13.4. The van der Waals surface area contributed by atoms with Crippen LogP contribution in [0.25, 0.3) is 0 Å². The van der Waals surface area contributed by atoms with Crippen molar-refractivity contribution in [2.24, 2.45) is 0 Å². The molecule has 0 saturated heterocycles. The van der Waals surface area contributed by atoms with Crippen LogP contribution < -0.4 is 5.30 Å². The van der Waals surface area contributed by atoms with E-state index in [1.54, 1.807) is 0 Å². The highest BCUT2D eigenvalue weighted by Crippen LogP contribution is 2.49. The standard InChI is InChI=1S/C23H23OPS2/c24-25(22-9-2-1-3-10-22)14-6-8-19-12-15-26-18-21(19)13-16-27-23-11-5-4-7-20(23)17-25/h1-12,15H,13-14,16-18H2/b8-6+. The van der Waals surface area contributed by atoms with Gasteiger partial charge in [-0.1, -0.05) is 66.3 Å². The van der Waals surface area contributed by atoms with Crippen LogP contribution in [0, 0.1) is 0 Å². The summed E-state index contributed by atoms with van der Waals surface area (Å²) in [6.07, 6.45) is 8.88. The highest BCUT2D eigenvalue weighted by molar-refractivity contribution is 8.02. The minimum absolute atomic E-state index is 0.605. The lowest BCUT2D eigenvalue weighted by Crippen LogP contribution is -2.10. The van der Waals surface area contributed by atoms with Crippen molar-refractivity contribution in [1.29, 1.82) is 0 Å². The Morgan fingerprint density at radius 2 is 1.74 bits per heavy atom. The molecule has 1 atom stereocenters. The zero-order chi connectivity index (χ0) is 18.5. The fraction of sp³-hybridized carbons (Fsp3) is 0.217. The molecule has 2 aromatic carbocycles. The van der Waals surface area contributed by atoms with E-state index in [2.05, 4.69) is 47.9 Å². The van der Waals surface area contributed by atoms with Crippen molar-refractivity contribution in [3.8, 4) is 0 Å². The van der Waals surface area contributed by atoms with E-state index >= 15 is 0 Å². The molecule has 2 aromatic rings. The van der Waals surface area contributed by atoms with E-state index in [1.807, 2.05) is 53.9 Å². The van der Waals surface area contributed by atoms with Crippen LogP contribution in [0.2, 0.25) is 0 Å². The number of thioether (sulfide) groups is 2. The van der Waals surface area contributed by atoms with Gasteiger partial charge in [-0.25, -0.2) is 0 Å². The maximum Gasteiger partial charge on any atom is 0.123 e. The van der Waals surface area contributed by atoms with Crippen molar-refractivity contribution in [2.45, 2.75) is 17.5 Å². The van der Waals surface area contributed by atoms with Gasteiger partial charge in [-0.3, -0.25) is 0 Å². The number of rotatable bonds is 1. The van der Waals surface area contributed by atoms with E-state index in [9.17, 15) is 4.57 Å². The maximum absolute atomic E-state index is 14.1. The topological polar surface area (TPSA) is 17.1 Å². The molecule has 1 nitrogen and oxygen atoms in total. The van der Waals surface area contributed by atoms with Crippen LogP contribution in [0.15, 0.2) is 94.3 Å². The van der Waals surface area contributed by atoms with E-state index in [0.717, 1.165) is 23.2 Å². The van der Waals surface area contributed by atoms with Gasteiger partial charge >= 0.3 is 0 Å². The van der Waals surface area contributed by atoms with Gasteiger partial charge in [0.2, 0.25) is 0 Å². The lowest BCUT2D eigenvalue weighted by atomic mass is 10.1. The third kappa shape index (κ3) is 4.54. The highest BCUT2D eigenvalue weighted by atomic mass is 32.2. The molecule has 0 amide bonds. The van der Waals surface area contributed by atoms with Crippen LogP contribution in [-0.2, 0) is 10.7 Å². The summed E-state index contributed by atoms with van der Waals surface area (Å²) >= 11 is 3.76. The average Bonchev–Trinajstić information content (AvgIpc) is 2.70. The van der Waals surface area contributed by atoms with E-state index in [0.29, 0.717) is 12.3 Å². The van der Waals surface area contributed by atoms with Gasteiger partial charge in [0.1, 0.15) is 7.14 Å². The lowest BCUT2D eigenvalue weighted by molar-refractivity contribution is 0.582. The van der Waals surface area contributed by atoms with Gasteiger partial charge in [0.15, 0.2) is 0 Å². The van der Waals surface area contributed by atoms with Crippen LogP contribution in [0.4, 0.5) is 0 Å². The van der Waals surface area contributed by atoms with Crippen LogP contribution >= 0.6 is 30.7 Å². The molecule has 138 valence electrons. The van der Waals surface area contributed by atoms with Gasteiger partial charge in [0.25, 0.3) is 0 Å². The molecule has 0 aromatic heterocycles. The number of hydrogen-bond donors (Lipinski definition) is 0. The maximum atomic E-state index is 14.1. The van der Waals surface area contributed by atoms with Crippen LogP contribution in [0.5, 0.6) is 0 Å². The SMILES string of the molecule is O=P1(c2ccccc2)C/C=C/C2=C(CCSc3ccccc3C1)CSC=C2. The molecule has 27 heavy (non-hydrogen) atoms. The molecule has 4 heteroatoms. The Hall–Kier alpha value is -1.41. The van der Waals surface area contributed by atoms with Crippen molar-refractivity contribution in [2.75, 3.05) is 17.7 Å². The van der Waals surface area contributed by atoms with Gasteiger partial charge in [0, 0.05) is 34.0 Å². The second-order valence-corrected chi connectivity index (χ2v) is 11.9. The molecule has 0 spiro atoms. The molecular weight excluding hydrogens is 387 g/mol. The Balaban J connectivity index is 1.76. The van der Waals surface area contributed by atoms with Crippen LogP contribution in [0.1, 0.15) is 12.0 Å². The summed E-state index contributed by atoms with van der Waals surface area (Å²) in [6.45, 7) is 0. The van der Waals surface area contributed by atoms with Crippen molar-refractivity contribution < 1.29 is 4.57 Å². The molecule has 4 rings (SSSR count).